The van der Waals surface area contributed by atoms with Crippen molar-refractivity contribution in [3.8, 4) is 5.75 Å². The highest BCUT2D eigenvalue weighted by Crippen LogP contribution is 2.28. The number of aliphatic hydroxyl groups is 1. The molecule has 1 aromatic carbocycles. The van der Waals surface area contributed by atoms with Crippen molar-refractivity contribution in [3.05, 3.63) is 51.2 Å². The van der Waals surface area contributed by atoms with E-state index < -0.39 is 6.10 Å². The van der Waals surface area contributed by atoms with Crippen molar-refractivity contribution in [2.75, 3.05) is 6.61 Å². The van der Waals surface area contributed by atoms with Crippen molar-refractivity contribution in [3.63, 3.8) is 0 Å². The first-order valence-corrected chi connectivity index (χ1v) is 7.05. The molecule has 0 radical (unpaired) electrons. The summed E-state index contributed by atoms with van der Waals surface area (Å²) < 4.78 is 5.71. The summed E-state index contributed by atoms with van der Waals surface area (Å²) in [7, 11) is 0. The van der Waals surface area contributed by atoms with Crippen LogP contribution in [-0.2, 0) is 6.42 Å². The molecule has 0 fully saturated rings. The molecule has 0 aliphatic rings. The highest BCUT2D eigenvalue weighted by atomic mass is 35.5. The number of benzene rings is 1. The fourth-order valence-corrected chi connectivity index (χ4v) is 2.56. The van der Waals surface area contributed by atoms with E-state index >= 15 is 0 Å². The van der Waals surface area contributed by atoms with Gasteiger partial charge in [0, 0.05) is 21.9 Å². The molecule has 0 saturated heterocycles. The molecule has 1 atom stereocenters. The minimum Gasteiger partial charge on any atom is -0.493 e. The van der Waals surface area contributed by atoms with Gasteiger partial charge in [0.2, 0.25) is 0 Å². The summed E-state index contributed by atoms with van der Waals surface area (Å²) in [6.07, 6.45) is 0.292. The topological polar surface area (TPSA) is 29.5 Å². The van der Waals surface area contributed by atoms with Crippen LogP contribution in [0.5, 0.6) is 5.75 Å². The predicted octanol–water partition coefficient (Wildman–Crippen LogP) is 4.08. The van der Waals surface area contributed by atoms with Gasteiger partial charge in [-0.1, -0.05) is 17.7 Å². The lowest BCUT2D eigenvalue weighted by Gasteiger charge is -2.13. The van der Waals surface area contributed by atoms with Crippen LogP contribution in [0.25, 0.3) is 0 Å². The predicted molar refractivity (Wildman–Crippen MR) is 75.6 cm³/mol. The number of rotatable bonds is 5. The Morgan fingerprint density at radius 3 is 2.89 bits per heavy atom. The lowest BCUT2D eigenvalue weighted by molar-refractivity contribution is 0.191. The molecule has 0 spiro atoms. The zero-order chi connectivity index (χ0) is 13.0. The number of hydrogen-bond donors (Lipinski definition) is 1. The average molecular weight is 283 g/mol. The van der Waals surface area contributed by atoms with Gasteiger partial charge in [-0.3, -0.25) is 0 Å². The van der Waals surface area contributed by atoms with Crippen LogP contribution in [0.2, 0.25) is 5.02 Å². The quantitative estimate of drug-likeness (QED) is 0.895. The lowest BCUT2D eigenvalue weighted by Crippen LogP contribution is -2.04. The molecule has 2 nitrogen and oxygen atoms in total. The van der Waals surface area contributed by atoms with E-state index in [0.717, 1.165) is 12.0 Å². The standard InChI is InChI=1S/C14H15ClO2S/c1-10(16)13-9-11(15)4-5-14(13)17-7-6-12-3-2-8-18-12/h2-5,8-10,16H,6-7H2,1H3/t10-/m0/s1. The minimum absolute atomic E-state index is 0.583. The van der Waals surface area contributed by atoms with Crippen molar-refractivity contribution < 1.29 is 9.84 Å². The fraction of sp³-hybridized carbons (Fsp3) is 0.286. The van der Waals surface area contributed by atoms with E-state index in [0.29, 0.717) is 17.4 Å². The van der Waals surface area contributed by atoms with Crippen LogP contribution < -0.4 is 4.74 Å². The molecule has 2 rings (SSSR count). The molecule has 0 bridgehead atoms. The summed E-state index contributed by atoms with van der Waals surface area (Å²) in [6, 6.07) is 9.44. The highest BCUT2D eigenvalue weighted by molar-refractivity contribution is 7.09. The third kappa shape index (κ3) is 3.48. The monoisotopic (exact) mass is 282 g/mol. The first-order chi connectivity index (χ1) is 8.66. The van der Waals surface area contributed by atoms with Gasteiger partial charge >= 0.3 is 0 Å². The Bertz CT molecular complexity index is 495. The highest BCUT2D eigenvalue weighted by Gasteiger charge is 2.10. The molecule has 1 heterocycles. The second-order valence-corrected chi connectivity index (χ2v) is 5.50. The Morgan fingerprint density at radius 2 is 2.22 bits per heavy atom. The van der Waals surface area contributed by atoms with Gasteiger partial charge in [0.25, 0.3) is 0 Å². The number of ether oxygens (including phenoxy) is 1. The normalized spacial score (nSPS) is 12.4. The van der Waals surface area contributed by atoms with E-state index in [1.165, 1.54) is 4.88 Å². The van der Waals surface area contributed by atoms with E-state index in [1.807, 2.05) is 6.07 Å². The van der Waals surface area contributed by atoms with Crippen molar-refractivity contribution in [2.24, 2.45) is 0 Å². The SMILES string of the molecule is C[C@H](O)c1cc(Cl)ccc1OCCc1cccs1. The van der Waals surface area contributed by atoms with Crippen molar-refractivity contribution in [2.45, 2.75) is 19.4 Å². The number of hydrogen-bond acceptors (Lipinski definition) is 3. The fourth-order valence-electron chi connectivity index (χ4n) is 1.69. The zero-order valence-corrected chi connectivity index (χ0v) is 11.7. The second-order valence-electron chi connectivity index (χ2n) is 4.04. The van der Waals surface area contributed by atoms with Crippen LogP contribution in [0, 0.1) is 0 Å². The van der Waals surface area contributed by atoms with E-state index in [2.05, 4.69) is 11.4 Å². The van der Waals surface area contributed by atoms with Crippen molar-refractivity contribution in [1.29, 1.82) is 0 Å². The molecular weight excluding hydrogens is 268 g/mol. The Kier molecular flexibility index (Phi) is 4.64. The van der Waals surface area contributed by atoms with Crippen LogP contribution in [-0.4, -0.2) is 11.7 Å². The molecule has 2 aromatic rings. The van der Waals surface area contributed by atoms with Gasteiger partial charge < -0.3 is 9.84 Å². The zero-order valence-electron chi connectivity index (χ0n) is 10.1. The third-order valence-electron chi connectivity index (χ3n) is 2.61. The second kappa shape index (κ2) is 6.23. The molecule has 0 aliphatic carbocycles. The minimum atomic E-state index is -0.583. The molecule has 0 aliphatic heterocycles. The van der Waals surface area contributed by atoms with Gasteiger partial charge in [0.1, 0.15) is 5.75 Å². The molecule has 96 valence electrons. The summed E-state index contributed by atoms with van der Waals surface area (Å²) in [4.78, 5) is 1.29. The molecule has 1 N–H and O–H groups in total. The van der Waals surface area contributed by atoms with Crippen LogP contribution >= 0.6 is 22.9 Å². The number of thiophene rings is 1. The first kappa shape index (κ1) is 13.4. The van der Waals surface area contributed by atoms with Gasteiger partial charge in [0.05, 0.1) is 12.7 Å². The maximum absolute atomic E-state index is 9.68. The molecule has 0 unspecified atom stereocenters. The Labute approximate surface area is 116 Å². The summed E-state index contributed by atoms with van der Waals surface area (Å²) in [5.41, 5.74) is 0.730. The van der Waals surface area contributed by atoms with Gasteiger partial charge in [-0.05, 0) is 36.6 Å². The summed E-state index contributed by atoms with van der Waals surface area (Å²) >= 11 is 7.63. The smallest absolute Gasteiger partial charge is 0.125 e. The van der Waals surface area contributed by atoms with Crippen LogP contribution in [0.4, 0.5) is 0 Å². The molecular formula is C14H15ClO2S. The van der Waals surface area contributed by atoms with E-state index in [1.54, 1.807) is 36.5 Å². The Morgan fingerprint density at radius 1 is 1.39 bits per heavy atom. The largest absolute Gasteiger partial charge is 0.493 e. The summed E-state index contributed by atoms with van der Waals surface area (Å²) in [5.74, 6) is 0.700. The van der Waals surface area contributed by atoms with Crippen molar-refractivity contribution in [1.82, 2.24) is 0 Å². The Hall–Kier alpha value is -1.03. The van der Waals surface area contributed by atoms with Gasteiger partial charge in [-0.2, -0.15) is 0 Å². The van der Waals surface area contributed by atoms with E-state index in [9.17, 15) is 5.11 Å². The lowest BCUT2D eigenvalue weighted by atomic mass is 10.1. The molecule has 18 heavy (non-hydrogen) atoms. The summed E-state index contributed by atoms with van der Waals surface area (Å²) in [6.45, 7) is 2.31. The number of halogens is 1. The molecule has 0 saturated carbocycles. The molecule has 4 heteroatoms. The molecule has 0 amide bonds. The Balaban J connectivity index is 2.00. The van der Waals surface area contributed by atoms with Crippen LogP contribution in [0.3, 0.4) is 0 Å². The van der Waals surface area contributed by atoms with Crippen LogP contribution in [0.15, 0.2) is 35.7 Å². The molecule has 1 aromatic heterocycles. The van der Waals surface area contributed by atoms with Crippen LogP contribution in [0.1, 0.15) is 23.5 Å². The van der Waals surface area contributed by atoms with E-state index in [4.69, 9.17) is 16.3 Å². The average Bonchev–Trinajstić information content (AvgIpc) is 2.84. The maximum atomic E-state index is 9.68. The van der Waals surface area contributed by atoms with Gasteiger partial charge in [-0.15, -0.1) is 11.3 Å². The first-order valence-electron chi connectivity index (χ1n) is 5.79. The van der Waals surface area contributed by atoms with Crippen molar-refractivity contribution >= 4 is 22.9 Å². The van der Waals surface area contributed by atoms with Gasteiger partial charge in [0.15, 0.2) is 0 Å². The maximum Gasteiger partial charge on any atom is 0.125 e. The number of aliphatic hydroxyl groups excluding tert-OH is 1. The third-order valence-corrected chi connectivity index (χ3v) is 3.78. The van der Waals surface area contributed by atoms with Gasteiger partial charge in [-0.25, -0.2) is 0 Å². The summed E-state index contributed by atoms with van der Waals surface area (Å²) in [5, 5.41) is 12.3. The van der Waals surface area contributed by atoms with E-state index in [-0.39, 0.29) is 0 Å².